The zero-order valence-electron chi connectivity index (χ0n) is 9.06. The van der Waals surface area contributed by atoms with Gasteiger partial charge in [0.15, 0.2) is 0 Å². The SMILES string of the molecule is O=[N+]([O-])c1ccc(NCCOCCO)c(Cl)c1. The second kappa shape index (κ2) is 7.05. The average molecular weight is 261 g/mol. The van der Waals surface area contributed by atoms with Gasteiger partial charge in [-0.15, -0.1) is 0 Å². The van der Waals surface area contributed by atoms with E-state index in [1.54, 1.807) is 6.07 Å². The first-order valence-electron chi connectivity index (χ1n) is 5.01. The molecule has 0 unspecified atom stereocenters. The van der Waals surface area contributed by atoms with Gasteiger partial charge in [-0.25, -0.2) is 0 Å². The first kappa shape index (κ1) is 13.7. The van der Waals surface area contributed by atoms with Crippen molar-refractivity contribution >= 4 is 23.0 Å². The molecule has 0 amide bonds. The van der Waals surface area contributed by atoms with E-state index in [-0.39, 0.29) is 18.9 Å². The first-order valence-corrected chi connectivity index (χ1v) is 5.39. The Morgan fingerprint density at radius 2 is 2.24 bits per heavy atom. The van der Waals surface area contributed by atoms with Crippen molar-refractivity contribution in [2.45, 2.75) is 0 Å². The minimum atomic E-state index is -0.500. The van der Waals surface area contributed by atoms with Gasteiger partial charge in [0.2, 0.25) is 0 Å². The molecule has 0 aliphatic carbocycles. The summed E-state index contributed by atoms with van der Waals surface area (Å²) in [5.74, 6) is 0. The third-order valence-electron chi connectivity index (χ3n) is 1.96. The Morgan fingerprint density at radius 1 is 1.47 bits per heavy atom. The number of nitro groups is 1. The maximum Gasteiger partial charge on any atom is 0.271 e. The van der Waals surface area contributed by atoms with Gasteiger partial charge in [-0.1, -0.05) is 11.6 Å². The molecule has 7 heteroatoms. The van der Waals surface area contributed by atoms with Crippen molar-refractivity contribution in [3.05, 3.63) is 33.3 Å². The molecule has 1 aromatic carbocycles. The lowest BCUT2D eigenvalue weighted by Crippen LogP contribution is -2.11. The van der Waals surface area contributed by atoms with Gasteiger partial charge in [-0.3, -0.25) is 10.1 Å². The first-order chi connectivity index (χ1) is 8.15. The molecule has 0 aliphatic rings. The standard InChI is InChI=1S/C10H13ClN2O4/c11-9-7-8(13(15)16)1-2-10(9)12-3-5-17-6-4-14/h1-2,7,12,14H,3-6H2. The lowest BCUT2D eigenvalue weighted by Gasteiger charge is -2.08. The number of halogens is 1. The van der Waals surface area contributed by atoms with Crippen LogP contribution in [0.1, 0.15) is 0 Å². The van der Waals surface area contributed by atoms with Gasteiger partial charge in [-0.05, 0) is 6.07 Å². The van der Waals surface area contributed by atoms with Crippen LogP contribution in [0.15, 0.2) is 18.2 Å². The highest BCUT2D eigenvalue weighted by Crippen LogP contribution is 2.26. The van der Waals surface area contributed by atoms with E-state index in [0.717, 1.165) is 0 Å². The predicted molar refractivity (Wildman–Crippen MR) is 64.5 cm³/mol. The summed E-state index contributed by atoms with van der Waals surface area (Å²) in [4.78, 5) is 9.98. The van der Waals surface area contributed by atoms with Gasteiger partial charge >= 0.3 is 0 Å². The van der Waals surface area contributed by atoms with Crippen LogP contribution in [0.5, 0.6) is 0 Å². The Morgan fingerprint density at radius 3 is 2.82 bits per heavy atom. The molecule has 0 saturated heterocycles. The third kappa shape index (κ3) is 4.56. The molecule has 1 rings (SSSR count). The number of non-ortho nitro benzene ring substituents is 1. The number of rotatable bonds is 7. The topological polar surface area (TPSA) is 84.6 Å². The lowest BCUT2D eigenvalue weighted by atomic mass is 10.3. The van der Waals surface area contributed by atoms with Crippen molar-refractivity contribution in [1.29, 1.82) is 0 Å². The number of nitrogens with one attached hydrogen (secondary N) is 1. The molecule has 0 saturated carbocycles. The van der Waals surface area contributed by atoms with Crippen LogP contribution in [0, 0.1) is 10.1 Å². The smallest absolute Gasteiger partial charge is 0.271 e. The van der Waals surface area contributed by atoms with Crippen LogP contribution in [0.2, 0.25) is 5.02 Å². The van der Waals surface area contributed by atoms with Crippen molar-refractivity contribution in [2.75, 3.05) is 31.7 Å². The summed E-state index contributed by atoms with van der Waals surface area (Å²) >= 11 is 5.87. The highest BCUT2D eigenvalue weighted by molar-refractivity contribution is 6.33. The Bertz CT molecular complexity index is 387. The largest absolute Gasteiger partial charge is 0.394 e. The highest BCUT2D eigenvalue weighted by atomic mass is 35.5. The molecule has 94 valence electrons. The number of nitro benzene ring substituents is 1. The molecule has 0 spiro atoms. The maximum absolute atomic E-state index is 10.5. The van der Waals surface area contributed by atoms with E-state index in [1.807, 2.05) is 0 Å². The molecule has 0 atom stereocenters. The van der Waals surface area contributed by atoms with Crippen molar-refractivity contribution in [2.24, 2.45) is 0 Å². The monoisotopic (exact) mass is 260 g/mol. The molecule has 0 radical (unpaired) electrons. The predicted octanol–water partition coefficient (Wildman–Crippen LogP) is 1.67. The van der Waals surface area contributed by atoms with E-state index < -0.39 is 4.92 Å². The van der Waals surface area contributed by atoms with Gasteiger partial charge < -0.3 is 15.2 Å². The van der Waals surface area contributed by atoms with Gasteiger partial charge in [0, 0.05) is 18.7 Å². The normalized spacial score (nSPS) is 10.2. The molecule has 0 heterocycles. The number of benzene rings is 1. The van der Waals surface area contributed by atoms with Crippen molar-refractivity contribution < 1.29 is 14.8 Å². The van der Waals surface area contributed by atoms with E-state index in [1.165, 1.54) is 12.1 Å². The number of hydrogen-bond acceptors (Lipinski definition) is 5. The molecule has 0 fully saturated rings. The fourth-order valence-electron chi connectivity index (χ4n) is 1.19. The summed E-state index contributed by atoms with van der Waals surface area (Å²) in [7, 11) is 0. The number of aliphatic hydroxyl groups is 1. The zero-order chi connectivity index (χ0) is 12.7. The van der Waals surface area contributed by atoms with Crippen LogP contribution in [0.4, 0.5) is 11.4 Å². The number of nitrogens with zero attached hydrogens (tertiary/aromatic N) is 1. The summed E-state index contributed by atoms with van der Waals surface area (Å²) in [6.45, 7) is 1.21. The minimum Gasteiger partial charge on any atom is -0.394 e. The summed E-state index contributed by atoms with van der Waals surface area (Å²) in [6.07, 6.45) is 0. The van der Waals surface area contributed by atoms with Gasteiger partial charge in [-0.2, -0.15) is 0 Å². The van der Waals surface area contributed by atoms with Gasteiger partial charge in [0.25, 0.3) is 5.69 Å². The van der Waals surface area contributed by atoms with E-state index >= 15 is 0 Å². The molecule has 0 bridgehead atoms. The van der Waals surface area contributed by atoms with Crippen LogP contribution in [-0.2, 0) is 4.74 Å². The van der Waals surface area contributed by atoms with Crippen molar-refractivity contribution in [1.82, 2.24) is 0 Å². The Labute approximate surface area is 103 Å². The fraction of sp³-hybridized carbons (Fsp3) is 0.400. The average Bonchev–Trinajstić information content (AvgIpc) is 2.30. The van der Waals surface area contributed by atoms with Gasteiger partial charge in [0.05, 0.1) is 35.5 Å². The quantitative estimate of drug-likeness (QED) is 0.443. The second-order valence-electron chi connectivity index (χ2n) is 3.18. The maximum atomic E-state index is 10.5. The van der Waals surface area contributed by atoms with Crippen LogP contribution >= 0.6 is 11.6 Å². The summed E-state index contributed by atoms with van der Waals surface area (Å²) < 4.78 is 5.04. The van der Waals surface area contributed by atoms with Crippen molar-refractivity contribution in [3.8, 4) is 0 Å². The molecule has 6 nitrogen and oxygen atoms in total. The molecule has 1 aromatic rings. The zero-order valence-corrected chi connectivity index (χ0v) is 9.81. The Kier molecular flexibility index (Phi) is 5.68. The third-order valence-corrected chi connectivity index (χ3v) is 2.27. The van der Waals surface area contributed by atoms with Crippen LogP contribution < -0.4 is 5.32 Å². The summed E-state index contributed by atoms with van der Waals surface area (Å²) in [5.41, 5.74) is 0.571. The fourth-order valence-corrected chi connectivity index (χ4v) is 1.43. The second-order valence-corrected chi connectivity index (χ2v) is 3.59. The van der Waals surface area contributed by atoms with E-state index in [0.29, 0.717) is 23.9 Å². The minimum absolute atomic E-state index is 0.0156. The van der Waals surface area contributed by atoms with E-state index in [2.05, 4.69) is 5.32 Å². The molecule has 17 heavy (non-hydrogen) atoms. The summed E-state index contributed by atoms with van der Waals surface area (Å²) in [6, 6.07) is 4.22. The Balaban J connectivity index is 2.46. The molecule has 2 N–H and O–H groups in total. The number of anilines is 1. The van der Waals surface area contributed by atoms with E-state index in [9.17, 15) is 10.1 Å². The Hall–Kier alpha value is -1.37. The number of aliphatic hydroxyl groups excluding tert-OH is 1. The molecule has 0 aromatic heterocycles. The van der Waals surface area contributed by atoms with Crippen LogP contribution in [0.25, 0.3) is 0 Å². The van der Waals surface area contributed by atoms with Crippen LogP contribution in [0.3, 0.4) is 0 Å². The van der Waals surface area contributed by atoms with Gasteiger partial charge in [0.1, 0.15) is 0 Å². The van der Waals surface area contributed by atoms with Crippen molar-refractivity contribution in [3.63, 3.8) is 0 Å². The number of hydrogen-bond donors (Lipinski definition) is 2. The molecular weight excluding hydrogens is 248 g/mol. The molecule has 0 aliphatic heterocycles. The highest BCUT2D eigenvalue weighted by Gasteiger charge is 2.08. The lowest BCUT2D eigenvalue weighted by molar-refractivity contribution is -0.384. The van der Waals surface area contributed by atoms with Crippen LogP contribution in [-0.4, -0.2) is 36.4 Å². The van der Waals surface area contributed by atoms with E-state index in [4.69, 9.17) is 21.4 Å². The molecular formula is C10H13ClN2O4. The number of ether oxygens (including phenoxy) is 1. The summed E-state index contributed by atoms with van der Waals surface area (Å²) in [5, 5.41) is 22.2.